The van der Waals surface area contributed by atoms with E-state index in [1.165, 1.54) is 12.1 Å². The molecule has 136 valence electrons. The second-order valence-corrected chi connectivity index (χ2v) is 7.77. The minimum absolute atomic E-state index is 0.147. The van der Waals surface area contributed by atoms with Crippen LogP contribution in [0.5, 0.6) is 11.5 Å². The highest BCUT2D eigenvalue weighted by Crippen LogP contribution is 2.32. The fourth-order valence-electron chi connectivity index (χ4n) is 2.60. The van der Waals surface area contributed by atoms with Crippen molar-refractivity contribution in [3.05, 3.63) is 42.4 Å². The fraction of sp³-hybridized carbons (Fsp3) is 0.412. The highest BCUT2D eigenvalue weighted by molar-refractivity contribution is 7.89. The maximum absolute atomic E-state index is 12.6. The maximum Gasteiger partial charge on any atom is 0.240 e. The number of rotatable bonds is 6. The van der Waals surface area contributed by atoms with Gasteiger partial charge in [0.2, 0.25) is 10.0 Å². The van der Waals surface area contributed by atoms with Crippen LogP contribution in [0.1, 0.15) is 18.2 Å². The molecule has 1 atom stereocenters. The molecule has 0 radical (unpaired) electrons. The molecule has 2 aromatic rings. The van der Waals surface area contributed by atoms with E-state index in [-0.39, 0.29) is 17.5 Å². The largest absolute Gasteiger partial charge is 0.490 e. The van der Waals surface area contributed by atoms with Crippen LogP contribution in [0.2, 0.25) is 0 Å². The number of likely N-dealkylation sites (N-methyl/N-ethyl adjacent to an activating group) is 1. The fourth-order valence-corrected chi connectivity index (χ4v) is 3.65. The van der Waals surface area contributed by atoms with Crippen LogP contribution in [0.15, 0.2) is 45.9 Å². The average Bonchev–Trinajstić information content (AvgIpc) is 2.98. The molecule has 0 saturated carbocycles. The Balaban J connectivity index is 1.76. The molecule has 0 bridgehead atoms. The van der Waals surface area contributed by atoms with Gasteiger partial charge in [-0.3, -0.25) is 4.90 Å². The lowest BCUT2D eigenvalue weighted by Gasteiger charge is -2.22. The summed E-state index contributed by atoms with van der Waals surface area (Å²) in [4.78, 5) is 2.05. The number of nitrogens with one attached hydrogen (secondary N) is 1. The molecule has 3 rings (SSSR count). The summed E-state index contributed by atoms with van der Waals surface area (Å²) in [6, 6.07) is 8.06. The Morgan fingerprint density at radius 1 is 1.16 bits per heavy atom. The lowest BCUT2D eigenvalue weighted by Crippen LogP contribution is -2.34. The van der Waals surface area contributed by atoms with Gasteiger partial charge in [-0.1, -0.05) is 0 Å². The first-order valence-corrected chi connectivity index (χ1v) is 9.55. The first-order chi connectivity index (χ1) is 12.0. The molecular weight excluding hydrogens is 344 g/mol. The van der Waals surface area contributed by atoms with E-state index in [9.17, 15) is 8.42 Å². The summed E-state index contributed by atoms with van der Waals surface area (Å²) in [5, 5.41) is 0. The predicted molar refractivity (Wildman–Crippen MR) is 92.4 cm³/mol. The van der Waals surface area contributed by atoms with Crippen LogP contribution in [-0.4, -0.2) is 47.2 Å². The summed E-state index contributed by atoms with van der Waals surface area (Å²) in [6.45, 7) is 1.26. The number of sulfonamides is 1. The molecule has 2 heterocycles. The average molecular weight is 366 g/mol. The number of hydrogen-bond acceptors (Lipinski definition) is 6. The number of furan rings is 1. The second kappa shape index (κ2) is 7.47. The standard InChI is InChI=1S/C17H22N2O5S/c1-19(2)14(15-5-3-8-22-15)12-18-25(20,21)13-6-7-16-17(11-13)24-10-4-9-23-16/h3,5-8,11,14,18H,4,9-10,12H2,1-2H3. The summed E-state index contributed by atoms with van der Waals surface area (Å²) >= 11 is 0. The van der Waals surface area contributed by atoms with Crippen LogP contribution in [0.4, 0.5) is 0 Å². The Bertz CT molecular complexity index is 802. The van der Waals surface area contributed by atoms with Crippen LogP contribution >= 0.6 is 0 Å². The van der Waals surface area contributed by atoms with E-state index in [2.05, 4.69) is 4.72 Å². The first-order valence-electron chi connectivity index (χ1n) is 8.06. The molecule has 1 aromatic carbocycles. The summed E-state index contributed by atoms with van der Waals surface area (Å²) in [5.41, 5.74) is 0. The summed E-state index contributed by atoms with van der Waals surface area (Å²) in [7, 11) is 0.0610. The Labute approximate surface area is 147 Å². The Morgan fingerprint density at radius 2 is 1.92 bits per heavy atom. The Hall–Kier alpha value is -2.03. The molecular formula is C17H22N2O5S. The normalized spacial score (nSPS) is 15.8. The number of fused-ring (bicyclic) bond motifs is 1. The highest BCUT2D eigenvalue weighted by atomic mass is 32.2. The third kappa shape index (κ3) is 4.15. The van der Waals surface area contributed by atoms with Gasteiger partial charge in [0.15, 0.2) is 11.5 Å². The van der Waals surface area contributed by atoms with Crippen LogP contribution in [-0.2, 0) is 10.0 Å². The molecule has 0 fully saturated rings. The monoisotopic (exact) mass is 366 g/mol. The molecule has 0 amide bonds. The lowest BCUT2D eigenvalue weighted by atomic mass is 10.2. The van der Waals surface area contributed by atoms with Crippen molar-refractivity contribution in [1.82, 2.24) is 9.62 Å². The minimum Gasteiger partial charge on any atom is -0.490 e. The van der Waals surface area contributed by atoms with Crippen molar-refractivity contribution in [3.8, 4) is 11.5 Å². The first kappa shape index (κ1) is 17.8. The van der Waals surface area contributed by atoms with Gasteiger partial charge in [0, 0.05) is 19.0 Å². The molecule has 1 aliphatic heterocycles. The van der Waals surface area contributed by atoms with Crippen LogP contribution in [0.25, 0.3) is 0 Å². The SMILES string of the molecule is CN(C)C(CNS(=O)(=O)c1ccc2c(c1)OCCCO2)c1ccco1. The van der Waals surface area contributed by atoms with E-state index in [4.69, 9.17) is 13.9 Å². The maximum atomic E-state index is 12.6. The Morgan fingerprint density at radius 3 is 2.60 bits per heavy atom. The van der Waals surface area contributed by atoms with Gasteiger partial charge in [0.1, 0.15) is 5.76 Å². The number of hydrogen-bond donors (Lipinski definition) is 1. The van der Waals surface area contributed by atoms with Crippen molar-refractivity contribution >= 4 is 10.0 Å². The molecule has 1 unspecified atom stereocenters. The van der Waals surface area contributed by atoms with E-state index in [0.717, 1.165) is 6.42 Å². The third-order valence-electron chi connectivity index (χ3n) is 3.99. The van der Waals surface area contributed by atoms with Gasteiger partial charge in [0.05, 0.1) is 30.4 Å². The zero-order chi connectivity index (χ0) is 17.9. The third-order valence-corrected chi connectivity index (χ3v) is 5.41. The van der Waals surface area contributed by atoms with Gasteiger partial charge in [-0.05, 0) is 38.4 Å². The van der Waals surface area contributed by atoms with Gasteiger partial charge >= 0.3 is 0 Å². The van der Waals surface area contributed by atoms with Gasteiger partial charge in [0.25, 0.3) is 0 Å². The van der Waals surface area contributed by atoms with Gasteiger partial charge in [-0.15, -0.1) is 0 Å². The molecule has 1 aromatic heterocycles. The predicted octanol–water partition coefficient (Wildman–Crippen LogP) is 2.02. The van der Waals surface area contributed by atoms with E-state index in [1.807, 2.05) is 25.1 Å². The van der Waals surface area contributed by atoms with E-state index < -0.39 is 10.0 Å². The molecule has 0 spiro atoms. The van der Waals surface area contributed by atoms with Crippen molar-refractivity contribution in [2.45, 2.75) is 17.4 Å². The lowest BCUT2D eigenvalue weighted by molar-refractivity contribution is 0.259. The minimum atomic E-state index is -3.68. The van der Waals surface area contributed by atoms with Gasteiger partial charge in [-0.2, -0.15) is 0 Å². The Kier molecular flexibility index (Phi) is 5.31. The van der Waals surface area contributed by atoms with E-state index >= 15 is 0 Å². The smallest absolute Gasteiger partial charge is 0.240 e. The van der Waals surface area contributed by atoms with Crippen LogP contribution < -0.4 is 14.2 Å². The molecule has 1 N–H and O–H groups in total. The van der Waals surface area contributed by atoms with Gasteiger partial charge < -0.3 is 13.9 Å². The summed E-state index contributed by atoms with van der Waals surface area (Å²) in [5.74, 6) is 1.72. The van der Waals surface area contributed by atoms with E-state index in [0.29, 0.717) is 30.5 Å². The molecule has 0 saturated heterocycles. The number of nitrogens with zero attached hydrogens (tertiary/aromatic N) is 1. The van der Waals surface area contributed by atoms with Crippen LogP contribution in [0.3, 0.4) is 0 Å². The zero-order valence-corrected chi connectivity index (χ0v) is 15.1. The molecule has 25 heavy (non-hydrogen) atoms. The van der Waals surface area contributed by atoms with Crippen molar-refractivity contribution in [2.24, 2.45) is 0 Å². The van der Waals surface area contributed by atoms with Crippen molar-refractivity contribution in [1.29, 1.82) is 0 Å². The quantitative estimate of drug-likeness (QED) is 0.842. The summed E-state index contributed by atoms with van der Waals surface area (Å²) in [6.07, 6.45) is 2.34. The van der Waals surface area contributed by atoms with Crippen LogP contribution in [0, 0.1) is 0 Å². The highest BCUT2D eigenvalue weighted by Gasteiger charge is 2.23. The van der Waals surface area contributed by atoms with Crippen molar-refractivity contribution in [2.75, 3.05) is 33.9 Å². The second-order valence-electron chi connectivity index (χ2n) is 6.01. The molecule has 1 aliphatic rings. The summed E-state index contributed by atoms with van der Waals surface area (Å²) < 4.78 is 44.4. The van der Waals surface area contributed by atoms with Gasteiger partial charge in [-0.25, -0.2) is 13.1 Å². The number of benzene rings is 1. The zero-order valence-electron chi connectivity index (χ0n) is 14.3. The van der Waals surface area contributed by atoms with E-state index in [1.54, 1.807) is 18.4 Å². The topological polar surface area (TPSA) is 81.0 Å². The molecule has 7 nitrogen and oxygen atoms in total. The number of ether oxygens (including phenoxy) is 2. The molecule has 0 aliphatic carbocycles. The van der Waals surface area contributed by atoms with Crippen molar-refractivity contribution in [3.63, 3.8) is 0 Å². The molecule has 8 heteroatoms. The van der Waals surface area contributed by atoms with Crippen molar-refractivity contribution < 1.29 is 22.3 Å².